The molecular formula is C7H6BrN3OS. The Balaban J connectivity index is 2.46. The summed E-state index contributed by atoms with van der Waals surface area (Å²) >= 11 is 4.96. The summed E-state index contributed by atoms with van der Waals surface area (Å²) in [4.78, 5) is 0.925. The van der Waals surface area contributed by atoms with E-state index >= 15 is 0 Å². The fourth-order valence-corrected chi connectivity index (χ4v) is 2.36. The average Bonchev–Trinajstić information content (AvgIpc) is 2.61. The van der Waals surface area contributed by atoms with Gasteiger partial charge in [0.15, 0.2) is 0 Å². The van der Waals surface area contributed by atoms with E-state index in [1.54, 1.807) is 11.3 Å². The van der Waals surface area contributed by atoms with Crippen LogP contribution in [0.2, 0.25) is 0 Å². The van der Waals surface area contributed by atoms with Gasteiger partial charge in [-0.3, -0.25) is 0 Å². The number of nitrogen functional groups attached to an aromatic ring is 1. The predicted octanol–water partition coefficient (Wildman–Crippen LogP) is 2.45. The summed E-state index contributed by atoms with van der Waals surface area (Å²) in [5, 5.41) is 7.37. The first kappa shape index (κ1) is 8.71. The summed E-state index contributed by atoms with van der Waals surface area (Å²) in [6, 6.07) is 2.07. The molecular weight excluding hydrogens is 254 g/mol. The topological polar surface area (TPSA) is 64.9 Å². The molecule has 2 N–H and O–H groups in total. The highest BCUT2D eigenvalue weighted by atomic mass is 79.9. The van der Waals surface area contributed by atoms with E-state index in [0.717, 1.165) is 14.2 Å². The first-order valence-corrected chi connectivity index (χ1v) is 5.13. The van der Waals surface area contributed by atoms with Crippen LogP contribution in [0.3, 0.4) is 0 Å². The van der Waals surface area contributed by atoms with E-state index in [4.69, 9.17) is 10.2 Å². The largest absolute Gasteiger partial charge is 0.403 e. The highest BCUT2D eigenvalue weighted by Gasteiger charge is 2.10. The van der Waals surface area contributed by atoms with Crippen molar-refractivity contribution in [3.8, 4) is 10.8 Å². The SMILES string of the molecule is Cc1cc(-c2nnc(N)o2)sc1Br. The van der Waals surface area contributed by atoms with Gasteiger partial charge in [0.25, 0.3) is 5.89 Å². The minimum Gasteiger partial charge on any atom is -0.403 e. The van der Waals surface area contributed by atoms with Gasteiger partial charge in [-0.25, -0.2) is 0 Å². The lowest BCUT2D eigenvalue weighted by Crippen LogP contribution is -1.81. The molecule has 0 atom stereocenters. The minimum absolute atomic E-state index is 0.0946. The van der Waals surface area contributed by atoms with E-state index in [2.05, 4.69) is 26.1 Å². The molecule has 0 bridgehead atoms. The summed E-state index contributed by atoms with van der Waals surface area (Å²) in [5.41, 5.74) is 6.46. The first-order valence-electron chi connectivity index (χ1n) is 3.52. The maximum Gasteiger partial charge on any atom is 0.313 e. The Bertz CT molecular complexity index is 417. The molecule has 0 aliphatic heterocycles. The smallest absolute Gasteiger partial charge is 0.313 e. The van der Waals surface area contributed by atoms with Crippen molar-refractivity contribution in [2.24, 2.45) is 0 Å². The van der Waals surface area contributed by atoms with Gasteiger partial charge in [-0.2, -0.15) is 0 Å². The van der Waals surface area contributed by atoms with Crippen molar-refractivity contribution in [3.63, 3.8) is 0 Å². The molecule has 0 saturated carbocycles. The van der Waals surface area contributed by atoms with Gasteiger partial charge in [0.1, 0.15) is 0 Å². The van der Waals surface area contributed by atoms with Crippen molar-refractivity contribution in [2.45, 2.75) is 6.92 Å². The highest BCUT2D eigenvalue weighted by molar-refractivity contribution is 9.11. The van der Waals surface area contributed by atoms with Crippen LogP contribution in [-0.4, -0.2) is 10.2 Å². The predicted molar refractivity (Wildman–Crippen MR) is 54.5 cm³/mol. The van der Waals surface area contributed by atoms with Gasteiger partial charge in [-0.1, -0.05) is 5.10 Å². The Labute approximate surface area is 86.9 Å². The van der Waals surface area contributed by atoms with E-state index in [-0.39, 0.29) is 6.01 Å². The Hall–Kier alpha value is -0.880. The highest BCUT2D eigenvalue weighted by Crippen LogP contribution is 2.33. The van der Waals surface area contributed by atoms with E-state index in [1.807, 2.05) is 13.0 Å². The molecule has 0 spiro atoms. The van der Waals surface area contributed by atoms with Crippen LogP contribution in [0, 0.1) is 6.92 Å². The van der Waals surface area contributed by atoms with Gasteiger partial charge < -0.3 is 10.2 Å². The molecule has 2 rings (SSSR count). The Kier molecular flexibility index (Phi) is 2.09. The number of aryl methyl sites for hydroxylation is 1. The molecule has 13 heavy (non-hydrogen) atoms. The molecule has 0 aliphatic carbocycles. The molecule has 0 saturated heterocycles. The van der Waals surface area contributed by atoms with Crippen LogP contribution < -0.4 is 5.73 Å². The number of hydrogen-bond acceptors (Lipinski definition) is 5. The molecule has 0 unspecified atom stereocenters. The van der Waals surface area contributed by atoms with E-state index < -0.39 is 0 Å². The summed E-state index contributed by atoms with van der Waals surface area (Å²) in [6.45, 7) is 2.00. The molecule has 0 amide bonds. The van der Waals surface area contributed by atoms with Crippen molar-refractivity contribution in [1.29, 1.82) is 0 Å². The standard InChI is InChI=1S/C7H6BrN3OS/c1-3-2-4(13-5(3)8)6-10-11-7(9)12-6/h2H,1H3,(H2,9,11). The van der Waals surface area contributed by atoms with Crippen molar-refractivity contribution in [2.75, 3.05) is 5.73 Å². The zero-order chi connectivity index (χ0) is 9.42. The summed E-state index contributed by atoms with van der Waals surface area (Å²) < 4.78 is 6.15. The normalized spacial score (nSPS) is 10.6. The van der Waals surface area contributed by atoms with E-state index in [0.29, 0.717) is 5.89 Å². The van der Waals surface area contributed by atoms with Crippen LogP contribution in [0.25, 0.3) is 10.8 Å². The second-order valence-corrected chi connectivity index (χ2v) is 4.88. The third kappa shape index (κ3) is 1.59. The van der Waals surface area contributed by atoms with Crippen LogP contribution in [-0.2, 0) is 0 Å². The van der Waals surface area contributed by atoms with Crippen molar-refractivity contribution in [1.82, 2.24) is 10.2 Å². The fourth-order valence-electron chi connectivity index (χ4n) is 0.899. The average molecular weight is 260 g/mol. The Morgan fingerprint density at radius 3 is 2.77 bits per heavy atom. The number of thiophene rings is 1. The number of nitrogens with two attached hydrogens (primary N) is 1. The lowest BCUT2D eigenvalue weighted by atomic mass is 10.3. The molecule has 0 fully saturated rings. The molecule has 6 heteroatoms. The first-order chi connectivity index (χ1) is 6.16. The maximum atomic E-state index is 5.31. The molecule has 0 aromatic carbocycles. The zero-order valence-corrected chi connectivity index (χ0v) is 9.15. The van der Waals surface area contributed by atoms with Crippen LogP contribution >= 0.6 is 27.3 Å². The second-order valence-electron chi connectivity index (χ2n) is 2.51. The lowest BCUT2D eigenvalue weighted by molar-refractivity contribution is 0.592. The van der Waals surface area contributed by atoms with Gasteiger partial charge in [0.2, 0.25) is 0 Å². The van der Waals surface area contributed by atoms with E-state index in [1.165, 1.54) is 0 Å². The lowest BCUT2D eigenvalue weighted by Gasteiger charge is -1.83. The minimum atomic E-state index is 0.0946. The van der Waals surface area contributed by atoms with Crippen molar-refractivity contribution < 1.29 is 4.42 Å². The van der Waals surface area contributed by atoms with Crippen LogP contribution in [0.4, 0.5) is 6.01 Å². The number of halogens is 1. The van der Waals surface area contributed by atoms with Gasteiger partial charge in [-0.15, -0.1) is 16.4 Å². The third-order valence-electron chi connectivity index (χ3n) is 1.51. The summed E-state index contributed by atoms with van der Waals surface area (Å²) in [5.74, 6) is 0.469. The van der Waals surface area contributed by atoms with E-state index in [9.17, 15) is 0 Å². The number of nitrogens with zero attached hydrogens (tertiary/aromatic N) is 2. The third-order valence-corrected chi connectivity index (χ3v) is 3.63. The zero-order valence-electron chi connectivity index (χ0n) is 6.74. The number of rotatable bonds is 1. The van der Waals surface area contributed by atoms with Crippen molar-refractivity contribution in [3.05, 3.63) is 15.4 Å². The molecule has 2 aromatic heterocycles. The van der Waals surface area contributed by atoms with Crippen LogP contribution in [0.15, 0.2) is 14.3 Å². The molecule has 0 radical (unpaired) electrons. The molecule has 2 aromatic rings. The Morgan fingerprint density at radius 1 is 1.54 bits per heavy atom. The van der Waals surface area contributed by atoms with Gasteiger partial charge in [-0.05, 0) is 34.5 Å². The van der Waals surface area contributed by atoms with Crippen LogP contribution in [0.5, 0.6) is 0 Å². The second kappa shape index (κ2) is 3.12. The fraction of sp³-hybridized carbons (Fsp3) is 0.143. The summed E-state index contributed by atoms with van der Waals surface area (Å²) in [6.07, 6.45) is 0. The number of anilines is 1. The van der Waals surface area contributed by atoms with Gasteiger partial charge in [0, 0.05) is 0 Å². The van der Waals surface area contributed by atoms with Crippen molar-refractivity contribution >= 4 is 33.3 Å². The molecule has 68 valence electrons. The number of aromatic nitrogens is 2. The number of hydrogen-bond donors (Lipinski definition) is 1. The van der Waals surface area contributed by atoms with Crippen LogP contribution in [0.1, 0.15) is 5.56 Å². The van der Waals surface area contributed by atoms with Gasteiger partial charge >= 0.3 is 6.01 Å². The van der Waals surface area contributed by atoms with Gasteiger partial charge in [0.05, 0.1) is 8.66 Å². The maximum absolute atomic E-state index is 5.31. The molecule has 4 nitrogen and oxygen atoms in total. The Morgan fingerprint density at radius 2 is 2.31 bits per heavy atom. The molecule has 2 heterocycles. The quantitative estimate of drug-likeness (QED) is 0.855. The monoisotopic (exact) mass is 259 g/mol. The summed E-state index contributed by atoms with van der Waals surface area (Å²) in [7, 11) is 0. The molecule has 0 aliphatic rings.